The van der Waals surface area contributed by atoms with E-state index in [4.69, 9.17) is 9.84 Å². The molecule has 3 fully saturated rings. The van der Waals surface area contributed by atoms with Crippen molar-refractivity contribution in [3.63, 3.8) is 0 Å². The van der Waals surface area contributed by atoms with Gasteiger partial charge in [-0.3, -0.25) is 9.69 Å². The number of hydrogen-bond donors (Lipinski definition) is 1. The summed E-state index contributed by atoms with van der Waals surface area (Å²) in [7, 11) is 0. The standard InChI is InChI=1S/C15H24N2O4/c18-14(12-5-6-13(21-12)15(19)20)17-9-3-4-11(10-17)16-7-1-2-8-16/h11-13H,1-10H2,(H,19,20). The summed E-state index contributed by atoms with van der Waals surface area (Å²) in [5.74, 6) is -0.971. The number of aliphatic carboxylic acids is 1. The van der Waals surface area contributed by atoms with E-state index in [1.807, 2.05) is 4.90 Å². The third kappa shape index (κ3) is 3.21. The fourth-order valence-electron chi connectivity index (χ4n) is 3.76. The third-order valence-corrected chi connectivity index (χ3v) is 4.94. The molecular weight excluding hydrogens is 272 g/mol. The molecule has 3 saturated heterocycles. The van der Waals surface area contributed by atoms with Gasteiger partial charge in [0.25, 0.3) is 5.91 Å². The zero-order chi connectivity index (χ0) is 14.8. The molecular formula is C15H24N2O4. The molecule has 0 bridgehead atoms. The molecule has 3 aliphatic rings. The highest BCUT2D eigenvalue weighted by atomic mass is 16.5. The van der Waals surface area contributed by atoms with E-state index >= 15 is 0 Å². The number of carbonyl (C=O) groups is 2. The second-order valence-electron chi connectivity index (χ2n) is 6.35. The van der Waals surface area contributed by atoms with Crippen LogP contribution in [0.5, 0.6) is 0 Å². The lowest BCUT2D eigenvalue weighted by Gasteiger charge is -2.38. The van der Waals surface area contributed by atoms with E-state index in [0.717, 1.165) is 39.0 Å². The smallest absolute Gasteiger partial charge is 0.332 e. The molecule has 21 heavy (non-hydrogen) atoms. The van der Waals surface area contributed by atoms with Crippen molar-refractivity contribution in [1.82, 2.24) is 9.80 Å². The van der Waals surface area contributed by atoms with E-state index in [1.54, 1.807) is 0 Å². The molecule has 0 aromatic rings. The SMILES string of the molecule is O=C(O)C1CCC(C(=O)N2CCCC(N3CCCC3)C2)O1. The Balaban J connectivity index is 1.56. The second-order valence-corrected chi connectivity index (χ2v) is 6.35. The number of rotatable bonds is 3. The highest BCUT2D eigenvalue weighted by Crippen LogP contribution is 2.25. The molecule has 6 heteroatoms. The lowest BCUT2D eigenvalue weighted by Crippen LogP contribution is -2.51. The molecule has 0 aromatic heterocycles. The van der Waals surface area contributed by atoms with Crippen LogP contribution < -0.4 is 0 Å². The van der Waals surface area contributed by atoms with Crippen molar-refractivity contribution in [3.8, 4) is 0 Å². The first kappa shape index (κ1) is 14.8. The molecule has 3 unspecified atom stereocenters. The van der Waals surface area contributed by atoms with Crippen molar-refractivity contribution in [3.05, 3.63) is 0 Å². The van der Waals surface area contributed by atoms with Gasteiger partial charge in [0.05, 0.1) is 0 Å². The first-order valence-electron chi connectivity index (χ1n) is 8.06. The quantitative estimate of drug-likeness (QED) is 0.830. The van der Waals surface area contributed by atoms with Crippen LogP contribution in [-0.2, 0) is 14.3 Å². The maximum Gasteiger partial charge on any atom is 0.332 e. The molecule has 1 N–H and O–H groups in total. The molecule has 3 heterocycles. The normalized spacial score (nSPS) is 34.3. The van der Waals surface area contributed by atoms with Crippen molar-refractivity contribution in [2.45, 2.75) is 56.8 Å². The maximum atomic E-state index is 12.5. The average Bonchev–Trinajstić information content (AvgIpc) is 3.18. The molecule has 0 spiro atoms. The molecule has 0 aromatic carbocycles. The van der Waals surface area contributed by atoms with Crippen molar-refractivity contribution in [1.29, 1.82) is 0 Å². The van der Waals surface area contributed by atoms with Crippen molar-refractivity contribution >= 4 is 11.9 Å². The van der Waals surface area contributed by atoms with Crippen molar-refractivity contribution in [2.24, 2.45) is 0 Å². The highest BCUT2D eigenvalue weighted by Gasteiger charge is 2.38. The van der Waals surface area contributed by atoms with Crippen LogP contribution in [-0.4, -0.2) is 71.2 Å². The van der Waals surface area contributed by atoms with Crippen LogP contribution in [0, 0.1) is 0 Å². The maximum absolute atomic E-state index is 12.5. The van der Waals surface area contributed by atoms with Gasteiger partial charge in [0.1, 0.15) is 6.10 Å². The minimum absolute atomic E-state index is 0.0114. The van der Waals surface area contributed by atoms with Gasteiger partial charge in [0.2, 0.25) is 0 Å². The summed E-state index contributed by atoms with van der Waals surface area (Å²) in [6.07, 6.45) is 4.32. The predicted molar refractivity (Wildman–Crippen MR) is 75.9 cm³/mol. The highest BCUT2D eigenvalue weighted by molar-refractivity contribution is 5.82. The first-order valence-corrected chi connectivity index (χ1v) is 8.06. The Bertz CT molecular complexity index is 408. The van der Waals surface area contributed by atoms with Crippen LogP contribution in [0.25, 0.3) is 0 Å². The Kier molecular flexibility index (Phi) is 4.45. The molecule has 3 atom stereocenters. The minimum Gasteiger partial charge on any atom is -0.479 e. The lowest BCUT2D eigenvalue weighted by molar-refractivity contribution is -0.155. The van der Waals surface area contributed by atoms with E-state index in [9.17, 15) is 9.59 Å². The number of ether oxygens (including phenoxy) is 1. The topological polar surface area (TPSA) is 70.1 Å². The van der Waals surface area contributed by atoms with Gasteiger partial charge in [0, 0.05) is 19.1 Å². The van der Waals surface area contributed by atoms with Gasteiger partial charge in [-0.2, -0.15) is 0 Å². The Morgan fingerprint density at radius 3 is 2.33 bits per heavy atom. The largest absolute Gasteiger partial charge is 0.479 e. The fraction of sp³-hybridized carbons (Fsp3) is 0.867. The predicted octanol–water partition coefficient (Wildman–Crippen LogP) is 0.705. The van der Waals surface area contributed by atoms with Crippen LogP contribution in [0.1, 0.15) is 38.5 Å². The van der Waals surface area contributed by atoms with Crippen LogP contribution >= 0.6 is 0 Å². The molecule has 118 valence electrons. The summed E-state index contributed by atoms with van der Waals surface area (Å²) in [5.41, 5.74) is 0. The molecule has 0 aliphatic carbocycles. The van der Waals surface area contributed by atoms with Gasteiger partial charge in [-0.25, -0.2) is 4.79 Å². The first-order chi connectivity index (χ1) is 10.1. The van der Waals surface area contributed by atoms with Gasteiger partial charge in [-0.05, 0) is 51.6 Å². The summed E-state index contributed by atoms with van der Waals surface area (Å²) in [5, 5.41) is 8.95. The summed E-state index contributed by atoms with van der Waals surface area (Å²) in [6, 6.07) is 0.474. The number of likely N-dealkylation sites (tertiary alicyclic amines) is 2. The number of carboxylic acid groups (broad SMARTS) is 1. The summed E-state index contributed by atoms with van der Waals surface area (Å²) >= 11 is 0. The monoisotopic (exact) mass is 296 g/mol. The van der Waals surface area contributed by atoms with Crippen molar-refractivity contribution in [2.75, 3.05) is 26.2 Å². The zero-order valence-corrected chi connectivity index (χ0v) is 12.4. The molecule has 3 aliphatic heterocycles. The average molecular weight is 296 g/mol. The molecule has 3 rings (SSSR count). The van der Waals surface area contributed by atoms with E-state index in [2.05, 4.69) is 4.90 Å². The second kappa shape index (κ2) is 6.32. The summed E-state index contributed by atoms with van der Waals surface area (Å²) < 4.78 is 5.39. The summed E-state index contributed by atoms with van der Waals surface area (Å²) in [6.45, 7) is 3.85. The van der Waals surface area contributed by atoms with Crippen LogP contribution in [0.15, 0.2) is 0 Å². The van der Waals surface area contributed by atoms with Gasteiger partial charge in [-0.15, -0.1) is 0 Å². The fourth-order valence-corrected chi connectivity index (χ4v) is 3.76. The summed E-state index contributed by atoms with van der Waals surface area (Å²) in [4.78, 5) is 27.8. The number of hydrogen-bond acceptors (Lipinski definition) is 4. The van der Waals surface area contributed by atoms with Gasteiger partial charge < -0.3 is 14.7 Å². The number of piperidine rings is 1. The number of nitrogens with zero attached hydrogens (tertiary/aromatic N) is 2. The minimum atomic E-state index is -0.959. The molecule has 6 nitrogen and oxygen atoms in total. The Hall–Kier alpha value is -1.14. The van der Waals surface area contributed by atoms with Gasteiger partial charge in [0.15, 0.2) is 6.10 Å². The molecule has 0 radical (unpaired) electrons. The van der Waals surface area contributed by atoms with Crippen LogP contribution in [0.4, 0.5) is 0 Å². The Morgan fingerprint density at radius 2 is 1.67 bits per heavy atom. The molecule has 0 saturated carbocycles. The van der Waals surface area contributed by atoms with E-state index in [0.29, 0.717) is 18.9 Å². The number of carboxylic acids is 1. The molecule has 1 amide bonds. The Morgan fingerprint density at radius 1 is 0.952 bits per heavy atom. The number of amides is 1. The van der Waals surface area contributed by atoms with Crippen LogP contribution in [0.3, 0.4) is 0 Å². The Labute approximate surface area is 125 Å². The number of carbonyl (C=O) groups excluding carboxylic acids is 1. The van der Waals surface area contributed by atoms with E-state index in [-0.39, 0.29) is 5.91 Å². The third-order valence-electron chi connectivity index (χ3n) is 4.94. The van der Waals surface area contributed by atoms with Crippen molar-refractivity contribution < 1.29 is 19.4 Å². The van der Waals surface area contributed by atoms with E-state index < -0.39 is 18.2 Å². The van der Waals surface area contributed by atoms with Gasteiger partial charge >= 0.3 is 5.97 Å². The van der Waals surface area contributed by atoms with E-state index in [1.165, 1.54) is 12.8 Å². The van der Waals surface area contributed by atoms with Gasteiger partial charge in [-0.1, -0.05) is 0 Å². The lowest BCUT2D eigenvalue weighted by atomic mass is 10.0. The zero-order valence-electron chi connectivity index (χ0n) is 12.4. The van der Waals surface area contributed by atoms with Crippen LogP contribution in [0.2, 0.25) is 0 Å².